The van der Waals surface area contributed by atoms with E-state index in [0.29, 0.717) is 6.42 Å². The molecule has 0 spiro atoms. The van der Waals surface area contributed by atoms with E-state index in [0.717, 1.165) is 0 Å². The minimum absolute atomic E-state index is 0.247. The van der Waals surface area contributed by atoms with Crippen molar-refractivity contribution in [3.8, 4) is 0 Å². The Labute approximate surface area is 148 Å². The molecular formula is C16H30N4O5. The fourth-order valence-corrected chi connectivity index (χ4v) is 2.06. The number of carbonyl (C=O) groups is 4. The number of amides is 3. The third-order valence-corrected chi connectivity index (χ3v) is 3.49. The zero-order valence-corrected chi connectivity index (χ0v) is 15.5. The van der Waals surface area contributed by atoms with E-state index < -0.39 is 41.8 Å². The molecule has 0 bridgehead atoms. The van der Waals surface area contributed by atoms with E-state index in [4.69, 9.17) is 10.8 Å². The van der Waals surface area contributed by atoms with Gasteiger partial charge in [0.15, 0.2) is 0 Å². The Balaban J connectivity index is 4.38. The summed E-state index contributed by atoms with van der Waals surface area (Å²) in [5.74, 6) is -2.81. The topological polar surface area (TPSA) is 151 Å². The Morgan fingerprint density at radius 2 is 1.52 bits per heavy atom. The fraction of sp³-hybridized carbons (Fsp3) is 0.750. The molecule has 3 amide bonds. The highest BCUT2D eigenvalue weighted by Crippen LogP contribution is 2.03. The van der Waals surface area contributed by atoms with Gasteiger partial charge in [-0.2, -0.15) is 0 Å². The van der Waals surface area contributed by atoms with Gasteiger partial charge in [-0.05, 0) is 25.2 Å². The normalized spacial score (nSPS) is 14.6. The number of nitrogens with two attached hydrogens (primary N) is 1. The van der Waals surface area contributed by atoms with Gasteiger partial charge in [0, 0.05) is 0 Å². The van der Waals surface area contributed by atoms with E-state index in [-0.39, 0.29) is 18.4 Å². The van der Waals surface area contributed by atoms with E-state index in [1.54, 1.807) is 13.8 Å². The lowest BCUT2D eigenvalue weighted by Gasteiger charge is -2.20. The Hall–Kier alpha value is -2.16. The maximum atomic E-state index is 11.9. The van der Waals surface area contributed by atoms with E-state index in [1.165, 1.54) is 6.92 Å². The molecule has 9 heteroatoms. The first kappa shape index (κ1) is 22.8. The van der Waals surface area contributed by atoms with Crippen LogP contribution < -0.4 is 21.7 Å². The summed E-state index contributed by atoms with van der Waals surface area (Å²) < 4.78 is 0. The van der Waals surface area contributed by atoms with Gasteiger partial charge in [0.1, 0.15) is 12.1 Å². The minimum Gasteiger partial charge on any atom is -0.480 e. The lowest BCUT2D eigenvalue weighted by molar-refractivity contribution is -0.143. The van der Waals surface area contributed by atoms with Crippen LogP contribution in [0.25, 0.3) is 0 Å². The Bertz CT molecular complexity index is 493. The smallest absolute Gasteiger partial charge is 0.326 e. The SMILES string of the molecule is CC(C)C[C@H](N)C(=O)N[C@@H](C)C(=O)NCC(=O)N[C@H](C(=O)O)C(C)C. The summed E-state index contributed by atoms with van der Waals surface area (Å²) in [7, 11) is 0. The molecule has 0 aromatic rings. The summed E-state index contributed by atoms with van der Waals surface area (Å²) in [6, 6.07) is -2.60. The first-order valence-corrected chi connectivity index (χ1v) is 8.31. The average molecular weight is 358 g/mol. The first-order chi connectivity index (χ1) is 11.5. The standard InChI is InChI=1S/C16H30N4O5/c1-8(2)6-11(17)15(23)19-10(5)14(22)18-7-12(21)20-13(9(3)4)16(24)25/h8-11,13H,6-7,17H2,1-5H3,(H,18,22)(H,19,23)(H,20,21)(H,24,25)/t10-,11-,13-/m0/s1. The second-order valence-corrected chi connectivity index (χ2v) is 6.81. The highest BCUT2D eigenvalue weighted by Gasteiger charge is 2.24. The summed E-state index contributed by atoms with van der Waals surface area (Å²) in [4.78, 5) is 46.6. The van der Waals surface area contributed by atoms with Gasteiger partial charge in [-0.3, -0.25) is 14.4 Å². The molecule has 0 aliphatic carbocycles. The maximum Gasteiger partial charge on any atom is 0.326 e. The number of hydrogen-bond acceptors (Lipinski definition) is 5. The highest BCUT2D eigenvalue weighted by atomic mass is 16.4. The Morgan fingerprint density at radius 3 is 1.96 bits per heavy atom. The molecule has 0 aliphatic heterocycles. The Kier molecular flexibility index (Phi) is 9.73. The third kappa shape index (κ3) is 9.04. The molecule has 9 nitrogen and oxygen atoms in total. The fourth-order valence-electron chi connectivity index (χ4n) is 2.06. The van der Waals surface area contributed by atoms with Crippen LogP contribution in [0.5, 0.6) is 0 Å². The van der Waals surface area contributed by atoms with Crippen molar-refractivity contribution in [1.82, 2.24) is 16.0 Å². The van der Waals surface area contributed by atoms with Gasteiger partial charge in [-0.1, -0.05) is 27.7 Å². The molecule has 0 rings (SSSR count). The molecule has 0 unspecified atom stereocenters. The van der Waals surface area contributed by atoms with Gasteiger partial charge in [-0.15, -0.1) is 0 Å². The van der Waals surface area contributed by atoms with Crippen LogP contribution in [-0.2, 0) is 19.2 Å². The molecule has 0 saturated carbocycles. The van der Waals surface area contributed by atoms with Crippen LogP contribution in [0.15, 0.2) is 0 Å². The molecule has 6 N–H and O–H groups in total. The van der Waals surface area contributed by atoms with Crippen LogP contribution in [-0.4, -0.2) is 53.5 Å². The van der Waals surface area contributed by atoms with Gasteiger partial charge in [-0.25, -0.2) is 4.79 Å². The monoisotopic (exact) mass is 358 g/mol. The molecule has 0 radical (unpaired) electrons. The van der Waals surface area contributed by atoms with Crippen molar-refractivity contribution in [1.29, 1.82) is 0 Å². The van der Waals surface area contributed by atoms with Crippen molar-refractivity contribution in [2.45, 2.75) is 59.2 Å². The second-order valence-electron chi connectivity index (χ2n) is 6.81. The van der Waals surface area contributed by atoms with Gasteiger partial charge in [0.05, 0.1) is 12.6 Å². The van der Waals surface area contributed by atoms with E-state index in [9.17, 15) is 19.2 Å². The first-order valence-electron chi connectivity index (χ1n) is 8.31. The summed E-state index contributed by atoms with van der Waals surface area (Å²) in [5, 5.41) is 16.2. The largest absolute Gasteiger partial charge is 0.480 e. The van der Waals surface area contributed by atoms with Crippen molar-refractivity contribution in [3.63, 3.8) is 0 Å². The number of aliphatic carboxylic acids is 1. The van der Waals surface area contributed by atoms with Crippen LogP contribution in [0.1, 0.15) is 41.0 Å². The molecule has 0 saturated heterocycles. The Morgan fingerprint density at radius 1 is 0.960 bits per heavy atom. The molecule has 144 valence electrons. The molecule has 0 heterocycles. The maximum absolute atomic E-state index is 11.9. The molecule has 25 heavy (non-hydrogen) atoms. The van der Waals surface area contributed by atoms with Crippen molar-refractivity contribution >= 4 is 23.7 Å². The summed E-state index contributed by atoms with van der Waals surface area (Å²) >= 11 is 0. The van der Waals surface area contributed by atoms with Crippen LogP contribution in [0, 0.1) is 11.8 Å². The lowest BCUT2D eigenvalue weighted by atomic mass is 10.0. The van der Waals surface area contributed by atoms with Crippen LogP contribution >= 0.6 is 0 Å². The second kappa shape index (κ2) is 10.7. The number of carboxylic acids is 1. The minimum atomic E-state index is -1.14. The number of carboxylic acid groups (broad SMARTS) is 1. The summed E-state index contributed by atoms with van der Waals surface area (Å²) in [5.41, 5.74) is 5.74. The van der Waals surface area contributed by atoms with E-state index >= 15 is 0 Å². The predicted molar refractivity (Wildman–Crippen MR) is 92.4 cm³/mol. The van der Waals surface area contributed by atoms with E-state index in [1.807, 2.05) is 13.8 Å². The van der Waals surface area contributed by atoms with Gasteiger partial charge in [0.25, 0.3) is 0 Å². The zero-order chi connectivity index (χ0) is 19.7. The quantitative estimate of drug-likeness (QED) is 0.345. The van der Waals surface area contributed by atoms with Gasteiger partial charge < -0.3 is 26.8 Å². The van der Waals surface area contributed by atoms with Crippen LogP contribution in [0.2, 0.25) is 0 Å². The predicted octanol–water partition coefficient (Wildman–Crippen LogP) is -0.794. The van der Waals surface area contributed by atoms with E-state index in [2.05, 4.69) is 16.0 Å². The number of rotatable bonds is 10. The van der Waals surface area contributed by atoms with Gasteiger partial charge >= 0.3 is 5.97 Å². The molecule has 0 aromatic heterocycles. The number of carbonyl (C=O) groups excluding carboxylic acids is 3. The van der Waals surface area contributed by atoms with Crippen molar-refractivity contribution in [2.75, 3.05) is 6.54 Å². The highest BCUT2D eigenvalue weighted by molar-refractivity contribution is 5.92. The third-order valence-electron chi connectivity index (χ3n) is 3.49. The molecule has 3 atom stereocenters. The van der Waals surface area contributed by atoms with Gasteiger partial charge in [0.2, 0.25) is 17.7 Å². The average Bonchev–Trinajstić information content (AvgIpc) is 2.48. The van der Waals surface area contributed by atoms with Crippen molar-refractivity contribution < 1.29 is 24.3 Å². The molecule has 0 aromatic carbocycles. The van der Waals surface area contributed by atoms with Crippen LogP contribution in [0.4, 0.5) is 0 Å². The zero-order valence-electron chi connectivity index (χ0n) is 15.5. The lowest BCUT2D eigenvalue weighted by Crippen LogP contribution is -2.53. The van der Waals surface area contributed by atoms with Crippen molar-refractivity contribution in [2.24, 2.45) is 17.6 Å². The van der Waals surface area contributed by atoms with Crippen LogP contribution in [0.3, 0.4) is 0 Å². The summed E-state index contributed by atoms with van der Waals surface area (Å²) in [6.07, 6.45) is 0.494. The summed E-state index contributed by atoms with van der Waals surface area (Å²) in [6.45, 7) is 8.28. The molecule has 0 aliphatic rings. The number of nitrogens with one attached hydrogen (secondary N) is 3. The van der Waals surface area contributed by atoms with Crippen molar-refractivity contribution in [3.05, 3.63) is 0 Å². The molecular weight excluding hydrogens is 328 g/mol. The number of hydrogen-bond donors (Lipinski definition) is 5. The molecule has 0 fully saturated rings.